The fourth-order valence-electron chi connectivity index (χ4n) is 1.43. The Balaban J connectivity index is 2.89. The maximum absolute atomic E-state index is 11.6. The zero-order valence-corrected chi connectivity index (χ0v) is 9.03. The van der Waals surface area contributed by atoms with Gasteiger partial charge in [-0.15, -0.1) is 0 Å². The van der Waals surface area contributed by atoms with E-state index in [-0.39, 0.29) is 5.41 Å². The van der Waals surface area contributed by atoms with E-state index in [0.29, 0.717) is 16.9 Å². The quantitative estimate of drug-likeness (QED) is 0.650. The van der Waals surface area contributed by atoms with Crippen molar-refractivity contribution in [3.8, 4) is 0 Å². The van der Waals surface area contributed by atoms with Crippen LogP contribution in [-0.2, 0) is 9.59 Å². The van der Waals surface area contributed by atoms with Crippen LogP contribution in [0.5, 0.6) is 0 Å². The zero-order valence-electron chi connectivity index (χ0n) is 9.03. The van der Waals surface area contributed by atoms with Crippen LogP contribution in [0.15, 0.2) is 11.6 Å². The third-order valence-electron chi connectivity index (χ3n) is 1.94. The molecule has 0 aromatic rings. The molecule has 0 fully saturated rings. The average Bonchev–Trinajstić information content (AvgIpc) is 2.23. The van der Waals surface area contributed by atoms with Gasteiger partial charge in [-0.05, 0) is 11.8 Å². The van der Waals surface area contributed by atoms with Gasteiger partial charge in [0.2, 0.25) is 0 Å². The molecule has 0 spiro atoms. The Morgan fingerprint density at radius 2 is 1.93 bits per heavy atom. The van der Waals surface area contributed by atoms with E-state index in [9.17, 15) is 14.4 Å². The highest BCUT2D eigenvalue weighted by atomic mass is 16.2. The van der Waals surface area contributed by atoms with Crippen molar-refractivity contribution in [1.29, 1.82) is 0 Å². The van der Waals surface area contributed by atoms with Crippen LogP contribution in [0, 0.1) is 5.41 Å². The molecule has 0 unspecified atom stereocenters. The number of nitrogens with two attached hydrogens (primary N) is 1. The minimum atomic E-state index is -1.02. The van der Waals surface area contributed by atoms with Gasteiger partial charge in [-0.25, -0.2) is 4.79 Å². The molecule has 0 bridgehead atoms. The third kappa shape index (κ3) is 2.43. The Hall–Kier alpha value is -1.65. The number of amides is 4. The smallest absolute Gasteiger partial charge is 0.328 e. The fourth-order valence-corrected chi connectivity index (χ4v) is 1.43. The Bertz CT molecular complexity index is 363. The Labute approximate surface area is 87.9 Å². The number of nitrogens with zero attached hydrogens (tertiary/aromatic N) is 1. The molecule has 1 heterocycles. The average molecular weight is 210 g/mol. The third-order valence-corrected chi connectivity index (χ3v) is 1.94. The highest BCUT2D eigenvalue weighted by Gasteiger charge is 2.35. The standard InChI is InChI=1S/C10H14N2O3/c1-10(2,3)5-6-4-7(13)12(8(6)14)9(11)15/h4H,5H2,1-3H3,(H2,11,15). The van der Waals surface area contributed by atoms with Crippen LogP contribution < -0.4 is 5.73 Å². The minimum Gasteiger partial charge on any atom is -0.351 e. The van der Waals surface area contributed by atoms with Crippen LogP contribution >= 0.6 is 0 Å². The molecule has 1 aliphatic heterocycles. The molecule has 5 heteroatoms. The molecule has 0 aliphatic carbocycles. The second-order valence-corrected chi connectivity index (χ2v) is 4.72. The Morgan fingerprint density at radius 3 is 2.27 bits per heavy atom. The lowest BCUT2D eigenvalue weighted by Crippen LogP contribution is -2.41. The maximum Gasteiger partial charge on any atom is 0.328 e. The van der Waals surface area contributed by atoms with Crippen LogP contribution in [0.4, 0.5) is 4.79 Å². The van der Waals surface area contributed by atoms with Gasteiger partial charge in [0, 0.05) is 11.6 Å². The molecule has 1 aliphatic rings. The van der Waals surface area contributed by atoms with Crippen LogP contribution in [0.1, 0.15) is 27.2 Å². The van der Waals surface area contributed by atoms with Gasteiger partial charge in [-0.3, -0.25) is 9.59 Å². The van der Waals surface area contributed by atoms with E-state index in [0.717, 1.165) is 0 Å². The topological polar surface area (TPSA) is 80.5 Å². The summed E-state index contributed by atoms with van der Waals surface area (Å²) in [7, 11) is 0. The van der Waals surface area contributed by atoms with E-state index in [1.807, 2.05) is 20.8 Å². The van der Waals surface area contributed by atoms with Crippen molar-refractivity contribution in [3.05, 3.63) is 11.6 Å². The summed E-state index contributed by atoms with van der Waals surface area (Å²) < 4.78 is 0. The van der Waals surface area contributed by atoms with E-state index in [2.05, 4.69) is 0 Å². The number of carbonyl (C=O) groups is 3. The summed E-state index contributed by atoms with van der Waals surface area (Å²) >= 11 is 0. The van der Waals surface area contributed by atoms with Crippen LogP contribution in [0.25, 0.3) is 0 Å². The number of hydrogen-bond donors (Lipinski definition) is 1. The Kier molecular flexibility index (Phi) is 2.66. The molecule has 0 radical (unpaired) electrons. The summed E-state index contributed by atoms with van der Waals surface area (Å²) in [6.45, 7) is 5.83. The molecule has 0 aromatic heterocycles. The van der Waals surface area contributed by atoms with Crippen molar-refractivity contribution in [2.24, 2.45) is 11.1 Å². The molecule has 0 saturated carbocycles. The number of urea groups is 1. The van der Waals surface area contributed by atoms with Crippen molar-refractivity contribution < 1.29 is 14.4 Å². The molecule has 4 amide bonds. The zero-order chi connectivity index (χ0) is 11.8. The van der Waals surface area contributed by atoms with E-state index in [1.54, 1.807) is 0 Å². The summed E-state index contributed by atoms with van der Waals surface area (Å²) in [6, 6.07) is -1.02. The molecule has 15 heavy (non-hydrogen) atoms. The number of primary amides is 1. The maximum atomic E-state index is 11.6. The minimum absolute atomic E-state index is 0.116. The monoisotopic (exact) mass is 210 g/mol. The summed E-state index contributed by atoms with van der Waals surface area (Å²) in [5.41, 5.74) is 5.14. The normalized spacial score (nSPS) is 17.0. The number of carbonyl (C=O) groups excluding carboxylic acids is 3. The van der Waals surface area contributed by atoms with Crippen LogP contribution in [0.3, 0.4) is 0 Å². The number of rotatable bonds is 1. The SMILES string of the molecule is CC(C)(C)CC1=CC(=O)N(C(N)=O)C1=O. The summed E-state index contributed by atoms with van der Waals surface area (Å²) in [5, 5.41) is 0. The van der Waals surface area contributed by atoms with Gasteiger partial charge >= 0.3 is 6.03 Å². The van der Waals surface area contributed by atoms with Crippen molar-refractivity contribution in [2.45, 2.75) is 27.2 Å². The van der Waals surface area contributed by atoms with Gasteiger partial charge in [0.25, 0.3) is 11.8 Å². The second-order valence-electron chi connectivity index (χ2n) is 4.72. The van der Waals surface area contributed by atoms with Gasteiger partial charge in [-0.2, -0.15) is 4.90 Å². The first-order valence-corrected chi connectivity index (χ1v) is 4.61. The predicted molar refractivity (Wildman–Crippen MR) is 53.6 cm³/mol. The lowest BCUT2D eigenvalue weighted by Gasteiger charge is -2.18. The van der Waals surface area contributed by atoms with E-state index in [4.69, 9.17) is 5.73 Å². The van der Waals surface area contributed by atoms with Crippen molar-refractivity contribution in [2.75, 3.05) is 0 Å². The number of hydrogen-bond acceptors (Lipinski definition) is 3. The predicted octanol–water partition coefficient (Wildman–Crippen LogP) is 0.796. The van der Waals surface area contributed by atoms with Crippen molar-refractivity contribution in [3.63, 3.8) is 0 Å². The molecule has 0 atom stereocenters. The van der Waals surface area contributed by atoms with Gasteiger partial charge in [-0.1, -0.05) is 20.8 Å². The van der Waals surface area contributed by atoms with Crippen LogP contribution in [0.2, 0.25) is 0 Å². The lowest BCUT2D eigenvalue weighted by molar-refractivity contribution is -0.133. The first-order valence-electron chi connectivity index (χ1n) is 4.61. The van der Waals surface area contributed by atoms with Gasteiger partial charge in [0.05, 0.1) is 0 Å². The second kappa shape index (κ2) is 3.49. The Morgan fingerprint density at radius 1 is 1.40 bits per heavy atom. The fraction of sp³-hybridized carbons (Fsp3) is 0.500. The largest absolute Gasteiger partial charge is 0.351 e. The molecule has 1 rings (SSSR count). The lowest BCUT2D eigenvalue weighted by atomic mass is 9.88. The molecule has 2 N–H and O–H groups in total. The van der Waals surface area contributed by atoms with E-state index in [1.165, 1.54) is 6.08 Å². The highest BCUT2D eigenvalue weighted by molar-refractivity contribution is 6.24. The molecule has 82 valence electrons. The first kappa shape index (κ1) is 11.4. The van der Waals surface area contributed by atoms with Gasteiger partial charge in [0.15, 0.2) is 0 Å². The van der Waals surface area contributed by atoms with Crippen LogP contribution in [-0.4, -0.2) is 22.7 Å². The van der Waals surface area contributed by atoms with E-state index < -0.39 is 17.8 Å². The first-order chi connectivity index (χ1) is 6.72. The summed E-state index contributed by atoms with van der Waals surface area (Å²) in [5.74, 6) is -1.24. The summed E-state index contributed by atoms with van der Waals surface area (Å²) in [6.07, 6.45) is 1.62. The van der Waals surface area contributed by atoms with Gasteiger partial charge in [0.1, 0.15) is 0 Å². The highest BCUT2D eigenvalue weighted by Crippen LogP contribution is 2.27. The van der Waals surface area contributed by atoms with E-state index >= 15 is 0 Å². The molecular weight excluding hydrogens is 196 g/mol. The molecular formula is C10H14N2O3. The molecule has 0 saturated heterocycles. The number of imide groups is 3. The van der Waals surface area contributed by atoms with Crippen molar-refractivity contribution in [1.82, 2.24) is 4.90 Å². The van der Waals surface area contributed by atoms with Gasteiger partial charge < -0.3 is 5.73 Å². The van der Waals surface area contributed by atoms with Crippen molar-refractivity contribution >= 4 is 17.8 Å². The summed E-state index contributed by atoms with van der Waals surface area (Å²) in [4.78, 5) is 34.1. The molecule has 0 aromatic carbocycles. The molecule has 5 nitrogen and oxygen atoms in total.